The summed E-state index contributed by atoms with van der Waals surface area (Å²) in [6, 6.07) is 1.73. The van der Waals surface area contributed by atoms with Crippen LogP contribution in [0.1, 0.15) is 11.6 Å². The largest absolute Gasteiger partial charge is 0.394 e. The van der Waals surface area contributed by atoms with Gasteiger partial charge in [0.1, 0.15) is 12.2 Å². The van der Waals surface area contributed by atoms with Crippen LogP contribution in [0.5, 0.6) is 0 Å². The number of hydrogen-bond donors (Lipinski definition) is 4. The molecule has 0 unspecified atom stereocenters. The maximum Gasteiger partial charge on any atom is 0.109 e. The Hall–Kier alpha value is -0.950. The van der Waals surface area contributed by atoms with Crippen molar-refractivity contribution >= 4 is 0 Å². The number of rotatable bonds is 2. The van der Waals surface area contributed by atoms with Gasteiger partial charge >= 0.3 is 0 Å². The van der Waals surface area contributed by atoms with E-state index in [1.54, 1.807) is 12.3 Å². The fourth-order valence-electron chi connectivity index (χ4n) is 1.79. The molecule has 1 fully saturated rings. The minimum absolute atomic E-state index is 0.256. The Morgan fingerprint density at radius 1 is 1.47 bits per heavy atom. The number of nitrogens with zero attached hydrogens (tertiary/aromatic N) is 1. The van der Waals surface area contributed by atoms with Crippen molar-refractivity contribution in [3.8, 4) is 0 Å². The summed E-state index contributed by atoms with van der Waals surface area (Å²) in [5.74, 6) is -0.328. The molecule has 0 spiro atoms. The molecule has 15 heavy (non-hydrogen) atoms. The van der Waals surface area contributed by atoms with Crippen LogP contribution >= 0.6 is 0 Å². The molecule has 2 rings (SSSR count). The van der Waals surface area contributed by atoms with E-state index >= 15 is 0 Å². The number of aromatic amines is 1. The van der Waals surface area contributed by atoms with E-state index < -0.39 is 18.3 Å². The van der Waals surface area contributed by atoms with Gasteiger partial charge in [-0.05, 0) is 6.07 Å². The van der Waals surface area contributed by atoms with E-state index in [0.29, 0.717) is 0 Å². The Bertz CT molecular complexity index is 303. The Kier molecular flexibility index (Phi) is 3.01. The molecule has 2 heterocycles. The third-order valence-corrected chi connectivity index (χ3v) is 2.73. The summed E-state index contributed by atoms with van der Waals surface area (Å²) in [6.07, 6.45) is -1.15. The summed E-state index contributed by atoms with van der Waals surface area (Å²) in [5, 5.41) is 34.8. The first-order valence-corrected chi connectivity index (χ1v) is 4.82. The zero-order chi connectivity index (χ0) is 10.8. The lowest BCUT2D eigenvalue weighted by Crippen LogP contribution is -2.50. The molecule has 1 aromatic rings. The first-order valence-electron chi connectivity index (χ1n) is 4.82. The molecule has 1 saturated heterocycles. The molecular weight excluding hydrogens is 200 g/mol. The Morgan fingerprint density at radius 3 is 2.87 bits per heavy atom. The second-order valence-electron chi connectivity index (χ2n) is 3.65. The maximum absolute atomic E-state index is 9.82. The standard InChI is InChI=1S/C9H14N2O4/c12-3-7-9(14)8(13)5(4-15-7)6-1-2-10-11-6/h1-2,5,7-9,12-14H,3-4H2,(H,10,11)/t5-,7-,8-,9+/m1/s1. The smallest absolute Gasteiger partial charge is 0.109 e. The van der Waals surface area contributed by atoms with Gasteiger partial charge in [-0.15, -0.1) is 0 Å². The molecule has 0 amide bonds. The van der Waals surface area contributed by atoms with E-state index in [1.165, 1.54) is 0 Å². The highest BCUT2D eigenvalue weighted by atomic mass is 16.5. The average Bonchev–Trinajstić information content (AvgIpc) is 2.75. The fourth-order valence-corrected chi connectivity index (χ4v) is 1.79. The number of aliphatic hydroxyl groups excluding tert-OH is 3. The van der Waals surface area contributed by atoms with E-state index in [2.05, 4.69) is 10.2 Å². The van der Waals surface area contributed by atoms with Gasteiger partial charge in [0.05, 0.1) is 25.2 Å². The van der Waals surface area contributed by atoms with Crippen LogP contribution in [0.25, 0.3) is 0 Å². The molecular formula is C9H14N2O4. The second kappa shape index (κ2) is 4.28. The fraction of sp³-hybridized carbons (Fsp3) is 0.667. The number of hydrogen-bond acceptors (Lipinski definition) is 5. The van der Waals surface area contributed by atoms with Crippen LogP contribution in [0.2, 0.25) is 0 Å². The Balaban J connectivity index is 2.11. The van der Waals surface area contributed by atoms with Crippen LogP contribution in [0.15, 0.2) is 12.3 Å². The van der Waals surface area contributed by atoms with Crippen LogP contribution in [0.4, 0.5) is 0 Å². The van der Waals surface area contributed by atoms with Crippen LogP contribution < -0.4 is 0 Å². The summed E-state index contributed by atoms with van der Waals surface area (Å²) in [5.41, 5.74) is 0.720. The highest BCUT2D eigenvalue weighted by Crippen LogP contribution is 2.27. The van der Waals surface area contributed by atoms with E-state index in [-0.39, 0.29) is 19.1 Å². The first-order chi connectivity index (χ1) is 7.24. The highest BCUT2D eigenvalue weighted by molar-refractivity contribution is 5.11. The number of ether oxygens (including phenoxy) is 1. The van der Waals surface area contributed by atoms with Crippen molar-refractivity contribution in [3.63, 3.8) is 0 Å². The molecule has 4 N–H and O–H groups in total. The summed E-state index contributed by atoms with van der Waals surface area (Å²) < 4.78 is 5.24. The lowest BCUT2D eigenvalue weighted by atomic mass is 9.90. The van der Waals surface area contributed by atoms with Crippen LogP contribution in [-0.4, -0.2) is 57.0 Å². The maximum atomic E-state index is 9.82. The molecule has 0 radical (unpaired) electrons. The molecule has 6 nitrogen and oxygen atoms in total. The second-order valence-corrected chi connectivity index (χ2v) is 3.65. The average molecular weight is 214 g/mol. The van der Waals surface area contributed by atoms with Gasteiger partial charge in [0.15, 0.2) is 0 Å². The molecule has 4 atom stereocenters. The van der Waals surface area contributed by atoms with E-state index in [4.69, 9.17) is 9.84 Å². The Morgan fingerprint density at radius 2 is 2.27 bits per heavy atom. The van der Waals surface area contributed by atoms with Gasteiger partial charge < -0.3 is 20.1 Å². The van der Waals surface area contributed by atoms with Gasteiger partial charge in [-0.2, -0.15) is 5.10 Å². The zero-order valence-electron chi connectivity index (χ0n) is 8.08. The molecule has 0 aromatic carbocycles. The predicted molar refractivity (Wildman–Crippen MR) is 50.2 cm³/mol. The minimum Gasteiger partial charge on any atom is -0.394 e. The van der Waals surface area contributed by atoms with Gasteiger partial charge in [0, 0.05) is 11.9 Å². The summed E-state index contributed by atoms with van der Waals surface area (Å²) in [7, 11) is 0. The van der Waals surface area contributed by atoms with E-state index in [0.717, 1.165) is 5.69 Å². The third-order valence-electron chi connectivity index (χ3n) is 2.73. The van der Waals surface area contributed by atoms with Gasteiger partial charge in [-0.3, -0.25) is 5.10 Å². The molecule has 1 aliphatic rings. The summed E-state index contributed by atoms with van der Waals surface area (Å²) >= 11 is 0. The quantitative estimate of drug-likeness (QED) is 0.485. The molecule has 1 aromatic heterocycles. The predicted octanol–water partition coefficient (Wildman–Crippen LogP) is -1.39. The van der Waals surface area contributed by atoms with Gasteiger partial charge in [-0.1, -0.05) is 0 Å². The zero-order valence-corrected chi connectivity index (χ0v) is 8.08. The van der Waals surface area contributed by atoms with Gasteiger partial charge in [0.2, 0.25) is 0 Å². The van der Waals surface area contributed by atoms with Gasteiger partial charge in [-0.25, -0.2) is 0 Å². The number of nitrogens with one attached hydrogen (secondary N) is 1. The van der Waals surface area contributed by atoms with Crippen molar-refractivity contribution in [3.05, 3.63) is 18.0 Å². The van der Waals surface area contributed by atoms with E-state index in [1.807, 2.05) is 0 Å². The molecule has 0 saturated carbocycles. The number of aromatic nitrogens is 2. The topological polar surface area (TPSA) is 98.6 Å². The van der Waals surface area contributed by atoms with Crippen molar-refractivity contribution in [2.45, 2.75) is 24.2 Å². The minimum atomic E-state index is -1.07. The van der Waals surface area contributed by atoms with Crippen molar-refractivity contribution in [1.29, 1.82) is 0 Å². The normalized spacial score (nSPS) is 36.7. The van der Waals surface area contributed by atoms with Crippen molar-refractivity contribution in [2.75, 3.05) is 13.2 Å². The lowest BCUT2D eigenvalue weighted by molar-refractivity contribution is -0.158. The van der Waals surface area contributed by atoms with Crippen molar-refractivity contribution < 1.29 is 20.1 Å². The molecule has 84 valence electrons. The molecule has 0 bridgehead atoms. The summed E-state index contributed by atoms with van der Waals surface area (Å²) in [6.45, 7) is -0.0421. The Labute approximate surface area is 86.5 Å². The first kappa shape index (κ1) is 10.6. The summed E-state index contributed by atoms with van der Waals surface area (Å²) in [4.78, 5) is 0. The van der Waals surface area contributed by atoms with Crippen LogP contribution in [-0.2, 0) is 4.74 Å². The SMILES string of the molecule is OC[C@H]1OC[C@H](c2ccn[nH]2)[C@@H](O)[C@H]1O. The van der Waals surface area contributed by atoms with Crippen LogP contribution in [0, 0.1) is 0 Å². The number of H-pyrrole nitrogens is 1. The monoisotopic (exact) mass is 214 g/mol. The highest BCUT2D eigenvalue weighted by Gasteiger charge is 2.39. The van der Waals surface area contributed by atoms with E-state index in [9.17, 15) is 10.2 Å². The lowest BCUT2D eigenvalue weighted by Gasteiger charge is -2.36. The number of aliphatic hydroxyl groups is 3. The molecule has 6 heteroatoms. The molecule has 1 aliphatic heterocycles. The van der Waals surface area contributed by atoms with Crippen molar-refractivity contribution in [1.82, 2.24) is 10.2 Å². The van der Waals surface area contributed by atoms with Gasteiger partial charge in [0.25, 0.3) is 0 Å². The third kappa shape index (κ3) is 1.89. The van der Waals surface area contributed by atoms with Crippen molar-refractivity contribution in [2.24, 2.45) is 0 Å². The van der Waals surface area contributed by atoms with Crippen LogP contribution in [0.3, 0.4) is 0 Å². The molecule has 0 aliphatic carbocycles.